The Morgan fingerprint density at radius 2 is 1.90 bits per heavy atom. The van der Waals surface area contributed by atoms with Gasteiger partial charge in [-0.25, -0.2) is 4.99 Å². The van der Waals surface area contributed by atoms with E-state index in [4.69, 9.17) is 9.47 Å². The van der Waals surface area contributed by atoms with Crippen LogP contribution in [0.5, 0.6) is 11.5 Å². The summed E-state index contributed by atoms with van der Waals surface area (Å²) in [6, 6.07) is 6.07. The molecule has 0 saturated carbocycles. The van der Waals surface area contributed by atoms with Gasteiger partial charge in [0, 0.05) is 13.6 Å². The number of hydrogen-bond acceptors (Lipinski definition) is 5. The Kier molecular flexibility index (Phi) is 9.87. The number of ether oxygens (including phenoxy) is 2. The Labute approximate surface area is 185 Å². The van der Waals surface area contributed by atoms with Crippen LogP contribution in [0, 0.1) is 6.92 Å². The van der Waals surface area contributed by atoms with Crippen LogP contribution in [0.15, 0.2) is 35.8 Å². The van der Waals surface area contributed by atoms with Gasteiger partial charge in [-0.05, 0) is 44.4 Å². The molecular formula is C23H36N6O2. The van der Waals surface area contributed by atoms with Crippen molar-refractivity contribution in [1.29, 1.82) is 0 Å². The number of aryl methyl sites for hydroxylation is 1. The molecule has 1 unspecified atom stereocenters. The fourth-order valence-corrected chi connectivity index (χ4v) is 2.80. The number of nitrogens with zero attached hydrogens (tertiary/aromatic N) is 4. The molecule has 1 heterocycles. The molecule has 2 N–H and O–H groups in total. The smallest absolute Gasteiger partial charge is 0.192 e. The molecule has 1 aromatic carbocycles. The van der Waals surface area contributed by atoms with E-state index < -0.39 is 0 Å². The minimum Gasteiger partial charge on any atom is -0.490 e. The summed E-state index contributed by atoms with van der Waals surface area (Å²) < 4.78 is 13.7. The van der Waals surface area contributed by atoms with Gasteiger partial charge in [0.25, 0.3) is 0 Å². The molecular weight excluding hydrogens is 392 g/mol. The van der Waals surface area contributed by atoms with Crippen LogP contribution in [0.2, 0.25) is 0 Å². The van der Waals surface area contributed by atoms with Crippen LogP contribution in [0.1, 0.15) is 56.9 Å². The Morgan fingerprint density at radius 3 is 2.52 bits per heavy atom. The molecule has 0 spiro atoms. The molecule has 2 aromatic rings. The zero-order valence-electron chi connectivity index (χ0n) is 19.4. The second kappa shape index (κ2) is 12.6. The quantitative estimate of drug-likeness (QED) is 0.305. The molecule has 170 valence electrons. The van der Waals surface area contributed by atoms with Gasteiger partial charge in [-0.3, -0.25) is 0 Å². The molecule has 0 aliphatic rings. The van der Waals surface area contributed by atoms with Crippen molar-refractivity contribution in [2.24, 2.45) is 12.0 Å². The Balaban J connectivity index is 2.16. The lowest BCUT2D eigenvalue weighted by Crippen LogP contribution is -2.39. The maximum Gasteiger partial charge on any atom is 0.192 e. The summed E-state index contributed by atoms with van der Waals surface area (Å²) in [7, 11) is 1.94. The van der Waals surface area contributed by atoms with Gasteiger partial charge in [-0.2, -0.15) is 0 Å². The third kappa shape index (κ3) is 7.31. The molecule has 8 heteroatoms. The molecule has 31 heavy (non-hydrogen) atoms. The van der Waals surface area contributed by atoms with Gasteiger partial charge in [-0.1, -0.05) is 26.0 Å². The van der Waals surface area contributed by atoms with Gasteiger partial charge < -0.3 is 24.7 Å². The van der Waals surface area contributed by atoms with E-state index in [2.05, 4.69) is 59.2 Å². The summed E-state index contributed by atoms with van der Waals surface area (Å²) in [4.78, 5) is 4.67. The largest absolute Gasteiger partial charge is 0.490 e. The topological polar surface area (TPSA) is 85.6 Å². The third-order valence-corrected chi connectivity index (χ3v) is 4.72. The highest BCUT2D eigenvalue weighted by molar-refractivity contribution is 5.80. The van der Waals surface area contributed by atoms with Crippen molar-refractivity contribution >= 4 is 5.96 Å². The van der Waals surface area contributed by atoms with E-state index in [1.807, 2.05) is 30.7 Å². The van der Waals surface area contributed by atoms with Crippen molar-refractivity contribution in [2.75, 3.05) is 19.8 Å². The second-order valence-electron chi connectivity index (χ2n) is 7.33. The van der Waals surface area contributed by atoms with E-state index in [0.717, 1.165) is 41.6 Å². The number of benzene rings is 1. The van der Waals surface area contributed by atoms with E-state index in [-0.39, 0.29) is 6.04 Å². The summed E-state index contributed by atoms with van der Waals surface area (Å²) in [6.07, 6.45) is 3.69. The van der Waals surface area contributed by atoms with Crippen molar-refractivity contribution in [3.63, 3.8) is 0 Å². The molecule has 0 amide bonds. The molecule has 1 aromatic heterocycles. The summed E-state index contributed by atoms with van der Waals surface area (Å²) in [5.74, 6) is 3.89. The second-order valence-corrected chi connectivity index (χ2v) is 7.33. The first kappa shape index (κ1) is 24.2. The van der Waals surface area contributed by atoms with Gasteiger partial charge in [0.05, 0.1) is 19.3 Å². The van der Waals surface area contributed by atoms with E-state index in [1.165, 1.54) is 0 Å². The lowest BCUT2D eigenvalue weighted by molar-refractivity contribution is 0.268. The third-order valence-electron chi connectivity index (χ3n) is 4.72. The van der Waals surface area contributed by atoms with Crippen LogP contribution in [0.3, 0.4) is 0 Å². The van der Waals surface area contributed by atoms with Crippen LogP contribution in [0.4, 0.5) is 0 Å². The zero-order valence-corrected chi connectivity index (χ0v) is 19.4. The molecule has 1 atom stereocenters. The Morgan fingerprint density at radius 1 is 1.19 bits per heavy atom. The minimum absolute atomic E-state index is 0.00139. The standard InChI is InChI=1S/C23H36N6O2/c1-7-12-24-23(25-16-22-28-27-18(5)29(22)6)26-17(4)19-10-11-20(30-13-8-2)21(15-19)31-14-9-3/h7,10-11,15,17H,1,8-9,12-14,16H2,2-6H3,(H2,24,25,26). The van der Waals surface area contributed by atoms with E-state index in [0.29, 0.717) is 32.3 Å². The van der Waals surface area contributed by atoms with E-state index in [1.54, 1.807) is 6.08 Å². The average Bonchev–Trinajstić information content (AvgIpc) is 3.10. The van der Waals surface area contributed by atoms with Crippen molar-refractivity contribution in [2.45, 2.75) is 53.1 Å². The molecule has 0 fully saturated rings. The maximum atomic E-state index is 5.94. The lowest BCUT2D eigenvalue weighted by Gasteiger charge is -2.20. The molecule has 2 rings (SSSR count). The number of rotatable bonds is 12. The first-order chi connectivity index (χ1) is 15.0. The molecule has 0 aliphatic carbocycles. The molecule has 0 radical (unpaired) electrons. The SMILES string of the molecule is C=CCNC(=NCc1nnc(C)n1C)NC(C)c1ccc(OCCC)c(OCCC)c1. The first-order valence-corrected chi connectivity index (χ1v) is 10.9. The predicted molar refractivity (Wildman–Crippen MR) is 125 cm³/mol. The molecule has 0 aliphatic heterocycles. The first-order valence-electron chi connectivity index (χ1n) is 10.9. The van der Waals surface area contributed by atoms with Gasteiger partial charge in [-0.15, -0.1) is 16.8 Å². The van der Waals surface area contributed by atoms with Crippen molar-refractivity contribution < 1.29 is 9.47 Å². The van der Waals surface area contributed by atoms with E-state index in [9.17, 15) is 0 Å². The summed E-state index contributed by atoms with van der Waals surface area (Å²) in [5.41, 5.74) is 1.08. The summed E-state index contributed by atoms with van der Waals surface area (Å²) in [5, 5.41) is 15.0. The van der Waals surface area contributed by atoms with Gasteiger partial charge in [0.2, 0.25) is 0 Å². The molecule has 8 nitrogen and oxygen atoms in total. The van der Waals surface area contributed by atoms with Gasteiger partial charge in [0.15, 0.2) is 23.3 Å². The fourth-order valence-electron chi connectivity index (χ4n) is 2.80. The van der Waals surface area contributed by atoms with Crippen LogP contribution in [-0.2, 0) is 13.6 Å². The minimum atomic E-state index is 0.00139. The normalized spacial score (nSPS) is 12.4. The summed E-state index contributed by atoms with van der Waals surface area (Å²) >= 11 is 0. The van der Waals surface area contributed by atoms with Crippen LogP contribution in [0.25, 0.3) is 0 Å². The highest BCUT2D eigenvalue weighted by Crippen LogP contribution is 2.31. The van der Waals surface area contributed by atoms with E-state index >= 15 is 0 Å². The number of aromatic nitrogens is 3. The van der Waals surface area contributed by atoms with Gasteiger partial charge >= 0.3 is 0 Å². The number of aliphatic imine (C=N–C) groups is 1. The van der Waals surface area contributed by atoms with Crippen LogP contribution < -0.4 is 20.1 Å². The number of hydrogen-bond donors (Lipinski definition) is 2. The van der Waals surface area contributed by atoms with Crippen LogP contribution in [-0.4, -0.2) is 40.5 Å². The fraction of sp³-hybridized carbons (Fsp3) is 0.522. The summed E-state index contributed by atoms with van der Waals surface area (Å²) in [6.45, 7) is 14.3. The predicted octanol–water partition coefficient (Wildman–Crippen LogP) is 3.68. The average molecular weight is 429 g/mol. The van der Waals surface area contributed by atoms with Gasteiger partial charge in [0.1, 0.15) is 12.4 Å². The number of guanidine groups is 1. The Bertz CT molecular complexity index is 862. The zero-order chi connectivity index (χ0) is 22.6. The van der Waals surface area contributed by atoms with Crippen molar-refractivity contribution in [1.82, 2.24) is 25.4 Å². The number of nitrogens with one attached hydrogen (secondary N) is 2. The van der Waals surface area contributed by atoms with Crippen molar-refractivity contribution in [3.05, 3.63) is 48.1 Å². The van der Waals surface area contributed by atoms with Crippen LogP contribution >= 0.6 is 0 Å². The lowest BCUT2D eigenvalue weighted by atomic mass is 10.1. The van der Waals surface area contributed by atoms with Crippen molar-refractivity contribution in [3.8, 4) is 11.5 Å². The Hall–Kier alpha value is -3.03. The molecule has 0 bridgehead atoms. The highest BCUT2D eigenvalue weighted by Gasteiger charge is 2.13. The maximum absolute atomic E-state index is 5.94. The monoisotopic (exact) mass is 428 g/mol. The highest BCUT2D eigenvalue weighted by atomic mass is 16.5. The molecule has 0 saturated heterocycles.